The van der Waals surface area contributed by atoms with Gasteiger partial charge in [-0.15, -0.1) is 0 Å². The number of fused-ring (bicyclic) bond motifs is 2. The average molecular weight is 443 g/mol. The monoisotopic (exact) mass is 442 g/mol. The lowest BCUT2D eigenvalue weighted by Crippen LogP contribution is -2.49. The van der Waals surface area contributed by atoms with Crippen molar-refractivity contribution in [2.24, 2.45) is 0 Å². The Bertz CT molecular complexity index is 980. The second-order valence-electron chi connectivity index (χ2n) is 7.71. The maximum absolute atomic E-state index is 12.9. The molecule has 9 heteroatoms. The highest BCUT2D eigenvalue weighted by molar-refractivity contribution is 7.97. The van der Waals surface area contributed by atoms with E-state index in [2.05, 4.69) is 15.9 Å². The fourth-order valence-corrected chi connectivity index (χ4v) is 5.21. The molecule has 0 aliphatic carbocycles. The number of nitrogens with zero attached hydrogens (tertiary/aromatic N) is 4. The van der Waals surface area contributed by atoms with E-state index >= 15 is 0 Å². The Labute approximate surface area is 186 Å². The normalized spacial score (nSPS) is 18.4. The second-order valence-corrected chi connectivity index (χ2v) is 8.77. The second kappa shape index (κ2) is 8.39. The molecule has 3 aliphatic heterocycles. The number of methoxy groups -OCH3 is 1. The number of para-hydroxylation sites is 2. The number of carbonyl (C=O) groups is 1. The van der Waals surface area contributed by atoms with Gasteiger partial charge in [0.1, 0.15) is 5.75 Å². The maximum Gasteiger partial charge on any atom is 0.334 e. The van der Waals surface area contributed by atoms with Gasteiger partial charge in [0.2, 0.25) is 6.79 Å². The van der Waals surface area contributed by atoms with E-state index in [4.69, 9.17) is 14.2 Å². The first kappa shape index (κ1) is 20.1. The summed E-state index contributed by atoms with van der Waals surface area (Å²) in [6.45, 7) is 5.51. The molecule has 0 atom stereocenters. The van der Waals surface area contributed by atoms with E-state index in [0.29, 0.717) is 12.3 Å². The largest absolute Gasteiger partial charge is 0.495 e. The van der Waals surface area contributed by atoms with Crippen molar-refractivity contribution in [2.45, 2.75) is 4.90 Å². The topological polar surface area (TPSA) is 57.7 Å². The van der Waals surface area contributed by atoms with Gasteiger partial charge in [0.15, 0.2) is 11.5 Å². The Balaban J connectivity index is 1.19. The fraction of sp³-hybridized carbons (Fsp3) is 0.409. The minimum absolute atomic E-state index is 0.0102. The summed E-state index contributed by atoms with van der Waals surface area (Å²) in [5, 5.41) is 0. The highest BCUT2D eigenvalue weighted by atomic mass is 32.2. The number of amides is 2. The number of hydrogen-bond acceptors (Lipinski definition) is 7. The molecule has 164 valence electrons. The van der Waals surface area contributed by atoms with Gasteiger partial charge >= 0.3 is 6.03 Å². The zero-order chi connectivity index (χ0) is 21.4. The summed E-state index contributed by atoms with van der Waals surface area (Å²) in [6.07, 6.45) is 0. The van der Waals surface area contributed by atoms with Crippen molar-refractivity contribution in [3.8, 4) is 17.2 Å². The molecule has 0 N–H and O–H groups in total. The van der Waals surface area contributed by atoms with Gasteiger partial charge in [0.25, 0.3) is 0 Å². The zero-order valence-corrected chi connectivity index (χ0v) is 18.6. The van der Waals surface area contributed by atoms with Crippen LogP contribution in [0.25, 0.3) is 0 Å². The first-order valence-electron chi connectivity index (χ1n) is 10.4. The summed E-state index contributed by atoms with van der Waals surface area (Å²) < 4.78 is 18.3. The number of carbonyl (C=O) groups excluding carboxylic acids is 1. The molecular weight excluding hydrogens is 416 g/mol. The summed E-state index contributed by atoms with van der Waals surface area (Å²) in [5.41, 5.74) is 2.00. The fourth-order valence-electron chi connectivity index (χ4n) is 4.15. The Kier molecular flexibility index (Phi) is 5.45. The molecule has 1 fully saturated rings. The Morgan fingerprint density at radius 2 is 1.74 bits per heavy atom. The first-order chi connectivity index (χ1) is 15.1. The Hall–Kier alpha value is -2.78. The molecule has 3 heterocycles. The van der Waals surface area contributed by atoms with Crippen LogP contribution < -0.4 is 24.0 Å². The van der Waals surface area contributed by atoms with Crippen molar-refractivity contribution in [1.29, 1.82) is 0 Å². The molecular formula is C22H26N4O4S. The quantitative estimate of drug-likeness (QED) is 0.660. The third kappa shape index (κ3) is 3.83. The van der Waals surface area contributed by atoms with Crippen molar-refractivity contribution in [1.82, 2.24) is 9.21 Å². The third-order valence-electron chi connectivity index (χ3n) is 5.94. The molecule has 31 heavy (non-hydrogen) atoms. The van der Waals surface area contributed by atoms with Crippen molar-refractivity contribution < 1.29 is 19.0 Å². The molecule has 0 unspecified atom stereocenters. The molecule has 0 bridgehead atoms. The van der Waals surface area contributed by atoms with E-state index in [1.54, 1.807) is 12.0 Å². The lowest BCUT2D eigenvalue weighted by Gasteiger charge is -2.38. The van der Waals surface area contributed by atoms with Crippen LogP contribution in [-0.2, 0) is 0 Å². The molecule has 1 saturated heterocycles. The standard InChI is InChI=1S/C22H26N4O4S/c1-23-17-13-19-20(30-15-29-19)14-21(17)31-26(22(23)27)12-9-24-7-10-25(11-8-24)16-5-3-4-6-18(16)28-2/h3-6,13-14H,7-12,15H2,1-2H3. The van der Waals surface area contributed by atoms with Crippen LogP contribution in [0.5, 0.6) is 17.2 Å². The van der Waals surface area contributed by atoms with Crippen LogP contribution in [0, 0.1) is 0 Å². The van der Waals surface area contributed by atoms with E-state index < -0.39 is 0 Å². The summed E-state index contributed by atoms with van der Waals surface area (Å²) >= 11 is 1.48. The predicted molar refractivity (Wildman–Crippen MR) is 121 cm³/mol. The van der Waals surface area contributed by atoms with E-state index in [1.165, 1.54) is 11.9 Å². The van der Waals surface area contributed by atoms with Crippen LogP contribution in [-0.4, -0.2) is 75.5 Å². The molecule has 3 aliphatic rings. The number of hydrogen-bond donors (Lipinski definition) is 0. The Morgan fingerprint density at radius 1 is 1.00 bits per heavy atom. The van der Waals surface area contributed by atoms with E-state index in [-0.39, 0.29) is 12.8 Å². The summed E-state index contributed by atoms with van der Waals surface area (Å²) in [5.74, 6) is 2.34. The number of ether oxygens (including phenoxy) is 3. The highest BCUT2D eigenvalue weighted by Crippen LogP contribution is 2.45. The molecule has 0 spiro atoms. The molecule has 0 aromatic heterocycles. The van der Waals surface area contributed by atoms with Gasteiger partial charge in [-0.25, -0.2) is 4.79 Å². The smallest absolute Gasteiger partial charge is 0.334 e. The molecule has 2 aromatic rings. The van der Waals surface area contributed by atoms with Crippen molar-refractivity contribution in [2.75, 3.05) is 70.0 Å². The minimum Gasteiger partial charge on any atom is -0.495 e. The number of piperazine rings is 1. The third-order valence-corrected chi connectivity index (χ3v) is 7.02. The van der Waals surface area contributed by atoms with Gasteiger partial charge in [-0.1, -0.05) is 12.1 Å². The lowest BCUT2D eigenvalue weighted by molar-refractivity contribution is 0.174. The van der Waals surface area contributed by atoms with Crippen molar-refractivity contribution in [3.05, 3.63) is 36.4 Å². The zero-order valence-electron chi connectivity index (χ0n) is 17.7. The molecule has 0 saturated carbocycles. The van der Waals surface area contributed by atoms with Gasteiger partial charge in [0, 0.05) is 58.4 Å². The summed E-state index contributed by atoms with van der Waals surface area (Å²) in [7, 11) is 3.52. The van der Waals surface area contributed by atoms with Crippen LogP contribution >= 0.6 is 11.9 Å². The molecule has 8 nitrogen and oxygen atoms in total. The minimum atomic E-state index is -0.0102. The number of urea groups is 1. The van der Waals surface area contributed by atoms with E-state index in [0.717, 1.165) is 60.5 Å². The SMILES string of the molecule is COc1ccccc1N1CCN(CCN2Sc3cc4c(cc3N(C)C2=O)OCO4)CC1. The predicted octanol–water partition coefficient (Wildman–Crippen LogP) is 3.13. The van der Waals surface area contributed by atoms with Crippen molar-refractivity contribution >= 4 is 29.4 Å². The van der Waals surface area contributed by atoms with E-state index in [1.807, 2.05) is 41.7 Å². The van der Waals surface area contributed by atoms with Crippen LogP contribution in [0.1, 0.15) is 0 Å². The summed E-state index contributed by atoms with van der Waals surface area (Å²) in [4.78, 5) is 20.4. The van der Waals surface area contributed by atoms with Gasteiger partial charge in [0.05, 0.1) is 23.4 Å². The Morgan fingerprint density at radius 3 is 2.52 bits per heavy atom. The highest BCUT2D eigenvalue weighted by Gasteiger charge is 2.32. The maximum atomic E-state index is 12.9. The van der Waals surface area contributed by atoms with Gasteiger partial charge in [-0.2, -0.15) is 0 Å². The summed E-state index contributed by atoms with van der Waals surface area (Å²) in [6, 6.07) is 12.0. The molecule has 5 rings (SSSR count). The van der Waals surface area contributed by atoms with Gasteiger partial charge < -0.3 is 19.1 Å². The number of anilines is 2. The average Bonchev–Trinajstić information content (AvgIpc) is 3.27. The van der Waals surface area contributed by atoms with Crippen molar-refractivity contribution in [3.63, 3.8) is 0 Å². The van der Waals surface area contributed by atoms with Crippen LogP contribution in [0.4, 0.5) is 16.2 Å². The van der Waals surface area contributed by atoms with Gasteiger partial charge in [-0.3, -0.25) is 14.1 Å². The van der Waals surface area contributed by atoms with Crippen LogP contribution in [0.15, 0.2) is 41.3 Å². The van der Waals surface area contributed by atoms with E-state index in [9.17, 15) is 4.79 Å². The van der Waals surface area contributed by atoms with Crippen LogP contribution in [0.3, 0.4) is 0 Å². The molecule has 2 amide bonds. The molecule has 0 radical (unpaired) electrons. The van der Waals surface area contributed by atoms with Gasteiger partial charge in [-0.05, 0) is 24.1 Å². The lowest BCUT2D eigenvalue weighted by atomic mass is 10.2. The first-order valence-corrected chi connectivity index (χ1v) is 11.2. The van der Waals surface area contributed by atoms with Crippen LogP contribution in [0.2, 0.25) is 0 Å². The molecule has 2 aromatic carbocycles. The number of benzene rings is 2. The number of rotatable bonds is 5.